The molecule has 0 fully saturated rings. The Kier molecular flexibility index (Phi) is 3.68. The maximum atomic E-state index is 11.9. The molecule has 0 aliphatic carbocycles. The first-order chi connectivity index (χ1) is 8.99. The molecule has 0 aliphatic heterocycles. The third-order valence-corrected chi connectivity index (χ3v) is 3.89. The summed E-state index contributed by atoms with van der Waals surface area (Å²) in [4.78, 5) is 3.82. The van der Waals surface area contributed by atoms with Gasteiger partial charge in [-0.25, -0.2) is 13.1 Å². The van der Waals surface area contributed by atoms with E-state index in [0.717, 1.165) is 0 Å². The number of phenols is 1. The summed E-state index contributed by atoms with van der Waals surface area (Å²) in [6.45, 7) is -0.0475. The van der Waals surface area contributed by atoms with E-state index in [2.05, 4.69) is 9.71 Å². The highest BCUT2D eigenvalue weighted by atomic mass is 32.2. The first-order valence-electron chi connectivity index (χ1n) is 5.46. The third kappa shape index (κ3) is 3.21. The number of anilines is 1. The molecule has 1 aromatic carbocycles. The van der Waals surface area contributed by atoms with Crippen molar-refractivity contribution in [3.8, 4) is 5.75 Å². The zero-order valence-electron chi connectivity index (χ0n) is 9.95. The normalized spacial score (nSPS) is 11.4. The van der Waals surface area contributed by atoms with Gasteiger partial charge in [-0.3, -0.25) is 4.98 Å². The van der Waals surface area contributed by atoms with Crippen LogP contribution in [0.2, 0.25) is 0 Å². The van der Waals surface area contributed by atoms with Crippen molar-refractivity contribution in [1.82, 2.24) is 9.71 Å². The first kappa shape index (κ1) is 13.3. The molecule has 6 nitrogen and oxygen atoms in total. The van der Waals surface area contributed by atoms with Crippen LogP contribution in [0.5, 0.6) is 5.75 Å². The molecule has 1 aromatic heterocycles. The summed E-state index contributed by atoms with van der Waals surface area (Å²) in [5.74, 6) is -0.0110. The number of nitrogens with two attached hydrogens (primary N) is 1. The molecule has 2 rings (SSSR count). The van der Waals surface area contributed by atoms with E-state index in [-0.39, 0.29) is 17.2 Å². The second-order valence-electron chi connectivity index (χ2n) is 3.90. The summed E-state index contributed by atoms with van der Waals surface area (Å²) in [5.41, 5.74) is 6.44. The first-order valence-corrected chi connectivity index (χ1v) is 6.94. The van der Waals surface area contributed by atoms with Crippen LogP contribution in [-0.2, 0) is 16.6 Å². The number of nitrogen functional groups attached to an aromatic ring is 1. The molecule has 100 valence electrons. The van der Waals surface area contributed by atoms with E-state index in [0.29, 0.717) is 11.3 Å². The lowest BCUT2D eigenvalue weighted by atomic mass is 10.2. The molecular formula is C12H13N3O3S. The number of nitrogens with one attached hydrogen (secondary N) is 1. The second kappa shape index (κ2) is 5.25. The number of rotatable bonds is 4. The van der Waals surface area contributed by atoms with Crippen LogP contribution >= 0.6 is 0 Å². The van der Waals surface area contributed by atoms with Crippen molar-refractivity contribution in [1.29, 1.82) is 0 Å². The van der Waals surface area contributed by atoms with Crippen LogP contribution in [0.25, 0.3) is 0 Å². The van der Waals surface area contributed by atoms with E-state index in [1.165, 1.54) is 42.7 Å². The molecule has 2 aromatic rings. The highest BCUT2D eigenvalue weighted by Crippen LogP contribution is 2.20. The zero-order chi connectivity index (χ0) is 13.9. The van der Waals surface area contributed by atoms with E-state index in [1.807, 2.05) is 0 Å². The van der Waals surface area contributed by atoms with Gasteiger partial charge in [-0.1, -0.05) is 0 Å². The number of benzene rings is 1. The molecule has 0 atom stereocenters. The van der Waals surface area contributed by atoms with Crippen molar-refractivity contribution in [3.05, 3.63) is 48.3 Å². The van der Waals surface area contributed by atoms with Gasteiger partial charge in [-0.05, 0) is 30.3 Å². The van der Waals surface area contributed by atoms with Crippen LogP contribution in [0.1, 0.15) is 5.56 Å². The van der Waals surface area contributed by atoms with Crippen molar-refractivity contribution < 1.29 is 13.5 Å². The van der Waals surface area contributed by atoms with Gasteiger partial charge in [0.05, 0.1) is 0 Å². The van der Waals surface area contributed by atoms with Gasteiger partial charge in [0.2, 0.25) is 10.0 Å². The van der Waals surface area contributed by atoms with Gasteiger partial charge in [-0.2, -0.15) is 0 Å². The van der Waals surface area contributed by atoms with Gasteiger partial charge in [-0.15, -0.1) is 0 Å². The lowest BCUT2D eigenvalue weighted by Gasteiger charge is -2.08. The molecule has 19 heavy (non-hydrogen) atoms. The zero-order valence-corrected chi connectivity index (χ0v) is 10.8. The molecule has 7 heteroatoms. The highest BCUT2D eigenvalue weighted by Gasteiger charge is 2.14. The Morgan fingerprint density at radius 3 is 2.79 bits per heavy atom. The SMILES string of the molecule is Nc1ccc(O)c(CNS(=O)(=O)c2cccnc2)c1. The fraction of sp³-hybridized carbons (Fsp3) is 0.0833. The molecule has 0 bridgehead atoms. The molecule has 1 heterocycles. The number of sulfonamides is 1. The minimum atomic E-state index is -3.65. The predicted molar refractivity (Wildman–Crippen MR) is 70.8 cm³/mol. The average molecular weight is 279 g/mol. The molecule has 4 N–H and O–H groups in total. The van der Waals surface area contributed by atoms with Crippen LogP contribution in [0.3, 0.4) is 0 Å². The Morgan fingerprint density at radius 1 is 1.32 bits per heavy atom. The van der Waals surface area contributed by atoms with Crippen LogP contribution in [0, 0.1) is 0 Å². The van der Waals surface area contributed by atoms with Crippen molar-refractivity contribution in [2.45, 2.75) is 11.4 Å². The van der Waals surface area contributed by atoms with Crippen molar-refractivity contribution in [2.24, 2.45) is 0 Å². The Bertz CT molecular complexity index is 672. The van der Waals surface area contributed by atoms with Gasteiger partial charge in [0, 0.05) is 30.2 Å². The van der Waals surface area contributed by atoms with Gasteiger partial charge in [0.25, 0.3) is 0 Å². The van der Waals surface area contributed by atoms with Gasteiger partial charge >= 0.3 is 0 Å². The van der Waals surface area contributed by atoms with Crippen LogP contribution in [-0.4, -0.2) is 18.5 Å². The predicted octanol–water partition coefficient (Wildman–Crippen LogP) is 0.848. The Labute approximate surface area is 111 Å². The Hall–Kier alpha value is -2.12. The van der Waals surface area contributed by atoms with Crippen molar-refractivity contribution in [3.63, 3.8) is 0 Å². The van der Waals surface area contributed by atoms with Crippen LogP contribution in [0.4, 0.5) is 5.69 Å². The summed E-state index contributed by atoms with van der Waals surface area (Å²) in [6, 6.07) is 7.44. The molecule has 0 radical (unpaired) electrons. The van der Waals surface area contributed by atoms with Crippen LogP contribution < -0.4 is 10.5 Å². The van der Waals surface area contributed by atoms with E-state index in [9.17, 15) is 13.5 Å². The summed E-state index contributed by atoms with van der Waals surface area (Å²) < 4.78 is 26.3. The average Bonchev–Trinajstić information content (AvgIpc) is 2.41. The number of hydrogen-bond acceptors (Lipinski definition) is 5. The Balaban J connectivity index is 2.17. The Morgan fingerprint density at radius 2 is 2.11 bits per heavy atom. The number of hydrogen-bond donors (Lipinski definition) is 3. The van der Waals surface area contributed by atoms with Crippen molar-refractivity contribution >= 4 is 15.7 Å². The largest absolute Gasteiger partial charge is 0.508 e. The topological polar surface area (TPSA) is 105 Å². The highest BCUT2D eigenvalue weighted by molar-refractivity contribution is 7.89. The summed E-state index contributed by atoms with van der Waals surface area (Å²) in [5, 5.41) is 9.60. The molecule has 0 amide bonds. The van der Waals surface area contributed by atoms with Gasteiger partial charge in [0.1, 0.15) is 10.6 Å². The maximum absolute atomic E-state index is 11.9. The summed E-state index contributed by atoms with van der Waals surface area (Å²) in [6.07, 6.45) is 2.74. The third-order valence-electron chi connectivity index (χ3n) is 2.50. The molecule has 0 unspecified atom stereocenters. The van der Waals surface area contributed by atoms with Gasteiger partial charge < -0.3 is 10.8 Å². The fourth-order valence-corrected chi connectivity index (χ4v) is 2.48. The van der Waals surface area contributed by atoms with Crippen molar-refractivity contribution in [2.75, 3.05) is 5.73 Å². The van der Waals surface area contributed by atoms with Gasteiger partial charge in [0.15, 0.2) is 0 Å². The number of phenolic OH excluding ortho intramolecular Hbond substituents is 1. The number of aromatic nitrogens is 1. The monoisotopic (exact) mass is 279 g/mol. The molecule has 0 spiro atoms. The molecule has 0 saturated carbocycles. The summed E-state index contributed by atoms with van der Waals surface area (Å²) >= 11 is 0. The van der Waals surface area contributed by atoms with E-state index >= 15 is 0 Å². The molecule has 0 aliphatic rings. The lowest BCUT2D eigenvalue weighted by Crippen LogP contribution is -2.23. The standard InChI is InChI=1S/C12H13N3O3S/c13-10-3-4-12(16)9(6-10)7-15-19(17,18)11-2-1-5-14-8-11/h1-6,8,15-16H,7,13H2. The van der Waals surface area contributed by atoms with E-state index < -0.39 is 10.0 Å². The second-order valence-corrected chi connectivity index (χ2v) is 5.67. The van der Waals surface area contributed by atoms with E-state index in [1.54, 1.807) is 0 Å². The quantitative estimate of drug-likeness (QED) is 0.568. The lowest BCUT2D eigenvalue weighted by molar-refractivity contribution is 0.467. The minimum Gasteiger partial charge on any atom is -0.508 e. The number of nitrogens with zero attached hydrogens (tertiary/aromatic N) is 1. The number of aromatic hydroxyl groups is 1. The minimum absolute atomic E-state index is 0.0110. The molecule has 0 saturated heterocycles. The van der Waals surface area contributed by atoms with Crippen LogP contribution in [0.15, 0.2) is 47.6 Å². The fourth-order valence-electron chi connectivity index (χ4n) is 1.51. The maximum Gasteiger partial charge on any atom is 0.242 e. The number of pyridine rings is 1. The summed E-state index contributed by atoms with van der Waals surface area (Å²) in [7, 11) is -3.65. The smallest absolute Gasteiger partial charge is 0.242 e. The van der Waals surface area contributed by atoms with E-state index in [4.69, 9.17) is 5.73 Å². The molecular weight excluding hydrogens is 266 g/mol.